The van der Waals surface area contributed by atoms with E-state index in [1.165, 1.54) is 12.1 Å². The third kappa shape index (κ3) is 4.38. The van der Waals surface area contributed by atoms with Gasteiger partial charge in [-0.15, -0.1) is 0 Å². The van der Waals surface area contributed by atoms with E-state index in [0.717, 1.165) is 17.7 Å². The maximum atomic E-state index is 13.7. The molecule has 0 atom stereocenters. The third-order valence-electron chi connectivity index (χ3n) is 3.73. The first-order valence-electron chi connectivity index (χ1n) is 7.97. The first-order valence-corrected chi connectivity index (χ1v) is 8.35. The molecule has 27 heavy (non-hydrogen) atoms. The monoisotopic (exact) mass is 388 g/mol. The predicted molar refractivity (Wildman–Crippen MR) is 101 cm³/mol. The Balaban J connectivity index is 1.89. The van der Waals surface area contributed by atoms with Gasteiger partial charge in [0.1, 0.15) is 34.7 Å². The third-order valence-corrected chi connectivity index (χ3v) is 3.97. The molecule has 0 fully saturated rings. The molecule has 1 aromatic heterocycles. The van der Waals surface area contributed by atoms with Crippen LogP contribution in [0.2, 0.25) is 5.02 Å². The fraction of sp³-hybridized carbons (Fsp3) is 0.105. The molecule has 1 heterocycles. The summed E-state index contributed by atoms with van der Waals surface area (Å²) in [5, 5.41) is 5.82. The first kappa shape index (κ1) is 18.7. The van der Waals surface area contributed by atoms with Crippen LogP contribution < -0.4 is 10.6 Å². The van der Waals surface area contributed by atoms with E-state index in [0.29, 0.717) is 22.4 Å². The molecule has 0 saturated heterocycles. The SMILES string of the molecule is Cc1nc(Nc2cc(Cl)ccc2C)cc(C(=O)Nc2c(F)cccc2F)n1. The molecule has 2 aromatic carbocycles. The van der Waals surface area contributed by atoms with E-state index in [1.807, 2.05) is 13.0 Å². The van der Waals surface area contributed by atoms with Gasteiger partial charge in [0.25, 0.3) is 5.91 Å². The van der Waals surface area contributed by atoms with Crippen LogP contribution in [0.15, 0.2) is 42.5 Å². The van der Waals surface area contributed by atoms with Gasteiger partial charge in [-0.3, -0.25) is 4.79 Å². The molecular weight excluding hydrogens is 374 g/mol. The average molecular weight is 389 g/mol. The van der Waals surface area contributed by atoms with Crippen LogP contribution in [-0.2, 0) is 0 Å². The second-order valence-corrected chi connectivity index (χ2v) is 6.26. The maximum Gasteiger partial charge on any atom is 0.274 e. The molecule has 8 heteroatoms. The molecule has 2 N–H and O–H groups in total. The number of rotatable bonds is 4. The number of carbonyl (C=O) groups is 1. The zero-order valence-electron chi connectivity index (χ0n) is 14.5. The Morgan fingerprint density at radius 2 is 1.74 bits per heavy atom. The maximum absolute atomic E-state index is 13.7. The van der Waals surface area contributed by atoms with Gasteiger partial charge < -0.3 is 10.6 Å². The van der Waals surface area contributed by atoms with Gasteiger partial charge in [0.2, 0.25) is 0 Å². The van der Waals surface area contributed by atoms with Crippen LogP contribution in [0.1, 0.15) is 21.9 Å². The number of aryl methyl sites for hydroxylation is 2. The molecule has 1 amide bonds. The largest absolute Gasteiger partial charge is 0.340 e. The lowest BCUT2D eigenvalue weighted by atomic mass is 10.2. The van der Waals surface area contributed by atoms with Gasteiger partial charge in [-0.05, 0) is 43.7 Å². The summed E-state index contributed by atoms with van der Waals surface area (Å²) in [5.41, 5.74) is 1.08. The zero-order valence-corrected chi connectivity index (χ0v) is 15.2. The van der Waals surface area contributed by atoms with Crippen molar-refractivity contribution < 1.29 is 13.6 Å². The predicted octanol–water partition coefficient (Wildman–Crippen LogP) is 5.02. The van der Waals surface area contributed by atoms with Crippen molar-refractivity contribution >= 4 is 34.7 Å². The Labute approximate surface area is 159 Å². The number of nitrogens with zero attached hydrogens (tertiary/aromatic N) is 2. The molecule has 0 radical (unpaired) electrons. The smallest absolute Gasteiger partial charge is 0.274 e. The fourth-order valence-electron chi connectivity index (χ4n) is 2.41. The number of amides is 1. The fourth-order valence-corrected chi connectivity index (χ4v) is 2.58. The van der Waals surface area contributed by atoms with E-state index >= 15 is 0 Å². The van der Waals surface area contributed by atoms with Crippen molar-refractivity contribution in [2.75, 3.05) is 10.6 Å². The van der Waals surface area contributed by atoms with Crippen molar-refractivity contribution in [1.82, 2.24) is 9.97 Å². The highest BCUT2D eigenvalue weighted by molar-refractivity contribution is 6.30. The zero-order chi connectivity index (χ0) is 19.6. The Hall–Kier alpha value is -3.06. The van der Waals surface area contributed by atoms with Gasteiger partial charge >= 0.3 is 0 Å². The molecule has 0 aliphatic heterocycles. The van der Waals surface area contributed by atoms with Gasteiger partial charge in [0, 0.05) is 16.8 Å². The number of halogens is 3. The number of hydrogen-bond donors (Lipinski definition) is 2. The summed E-state index contributed by atoms with van der Waals surface area (Å²) >= 11 is 6.01. The van der Waals surface area contributed by atoms with E-state index in [1.54, 1.807) is 19.1 Å². The van der Waals surface area contributed by atoms with Crippen LogP contribution in [-0.4, -0.2) is 15.9 Å². The molecule has 3 aromatic rings. The number of aromatic nitrogens is 2. The minimum atomic E-state index is -0.873. The first-order chi connectivity index (χ1) is 12.8. The molecule has 0 unspecified atom stereocenters. The van der Waals surface area contributed by atoms with Gasteiger partial charge in [-0.25, -0.2) is 18.7 Å². The quantitative estimate of drug-likeness (QED) is 0.658. The summed E-state index contributed by atoms with van der Waals surface area (Å²) in [7, 11) is 0. The van der Waals surface area contributed by atoms with Crippen LogP contribution >= 0.6 is 11.6 Å². The molecule has 0 spiro atoms. The molecule has 138 valence electrons. The lowest BCUT2D eigenvalue weighted by molar-refractivity contribution is 0.102. The van der Waals surface area contributed by atoms with Gasteiger partial charge in [0.05, 0.1) is 0 Å². The van der Waals surface area contributed by atoms with Crippen molar-refractivity contribution in [1.29, 1.82) is 0 Å². The van der Waals surface area contributed by atoms with Crippen LogP contribution in [0.4, 0.5) is 26.0 Å². The van der Waals surface area contributed by atoms with Crippen molar-refractivity contribution in [2.45, 2.75) is 13.8 Å². The minimum Gasteiger partial charge on any atom is -0.340 e. The second kappa shape index (κ2) is 7.67. The number of para-hydroxylation sites is 1. The summed E-state index contributed by atoms with van der Waals surface area (Å²) in [6.45, 7) is 3.50. The summed E-state index contributed by atoms with van der Waals surface area (Å²) in [5.74, 6) is -1.83. The van der Waals surface area contributed by atoms with E-state index in [-0.39, 0.29) is 5.69 Å². The molecule has 0 aliphatic rings. The molecule has 0 saturated carbocycles. The summed E-state index contributed by atoms with van der Waals surface area (Å²) in [6, 6.07) is 10.0. The molecule has 0 aliphatic carbocycles. The lowest BCUT2D eigenvalue weighted by Crippen LogP contribution is -2.17. The summed E-state index contributed by atoms with van der Waals surface area (Å²) < 4.78 is 27.5. The van der Waals surface area contributed by atoms with E-state index in [2.05, 4.69) is 20.6 Å². The van der Waals surface area contributed by atoms with Crippen molar-refractivity contribution in [3.8, 4) is 0 Å². The topological polar surface area (TPSA) is 66.9 Å². The number of anilines is 3. The van der Waals surface area contributed by atoms with Crippen molar-refractivity contribution in [2.24, 2.45) is 0 Å². The van der Waals surface area contributed by atoms with Crippen molar-refractivity contribution in [3.05, 3.63) is 76.2 Å². The van der Waals surface area contributed by atoms with Gasteiger partial charge in [-0.1, -0.05) is 23.7 Å². The highest BCUT2D eigenvalue weighted by atomic mass is 35.5. The number of carbonyl (C=O) groups excluding carboxylic acids is 1. The lowest BCUT2D eigenvalue weighted by Gasteiger charge is -2.12. The van der Waals surface area contributed by atoms with E-state index in [4.69, 9.17) is 11.6 Å². The standard InChI is InChI=1S/C19H15ClF2N4O/c1-10-6-7-12(20)8-15(10)25-17-9-16(23-11(2)24-17)19(27)26-18-13(21)4-3-5-14(18)22/h3-9H,1-2H3,(H,26,27)(H,23,24,25). The molecule has 0 bridgehead atoms. The minimum absolute atomic E-state index is 0.0349. The van der Waals surface area contributed by atoms with Crippen LogP contribution in [0.3, 0.4) is 0 Å². The van der Waals surface area contributed by atoms with E-state index < -0.39 is 23.2 Å². The summed E-state index contributed by atoms with van der Waals surface area (Å²) in [4.78, 5) is 20.7. The molecular formula is C19H15ClF2N4O. The number of benzene rings is 2. The van der Waals surface area contributed by atoms with Gasteiger partial charge in [0.15, 0.2) is 0 Å². The van der Waals surface area contributed by atoms with Crippen LogP contribution in [0.25, 0.3) is 0 Å². The Morgan fingerprint density at radius 1 is 1.04 bits per heavy atom. The molecule has 5 nitrogen and oxygen atoms in total. The highest BCUT2D eigenvalue weighted by Gasteiger charge is 2.16. The Morgan fingerprint density at radius 3 is 2.44 bits per heavy atom. The molecule has 3 rings (SSSR count). The second-order valence-electron chi connectivity index (χ2n) is 5.82. The van der Waals surface area contributed by atoms with E-state index in [9.17, 15) is 13.6 Å². The average Bonchev–Trinajstić information content (AvgIpc) is 2.61. The normalized spacial score (nSPS) is 10.6. The van der Waals surface area contributed by atoms with Crippen LogP contribution in [0, 0.1) is 25.5 Å². The van der Waals surface area contributed by atoms with Crippen molar-refractivity contribution in [3.63, 3.8) is 0 Å². The Kier molecular flexibility index (Phi) is 5.32. The van der Waals surface area contributed by atoms with Crippen LogP contribution in [0.5, 0.6) is 0 Å². The number of hydrogen-bond acceptors (Lipinski definition) is 4. The Bertz CT molecular complexity index is 1010. The van der Waals surface area contributed by atoms with Gasteiger partial charge in [-0.2, -0.15) is 0 Å². The number of nitrogens with one attached hydrogen (secondary N) is 2. The highest BCUT2D eigenvalue weighted by Crippen LogP contribution is 2.24. The summed E-state index contributed by atoms with van der Waals surface area (Å²) in [6.07, 6.45) is 0.